The number of halogens is 3. The number of ether oxygens (including phenoxy) is 2. The number of rotatable bonds is 9. The molecular formula is C22H27F3N8O4. The summed E-state index contributed by atoms with van der Waals surface area (Å²) in [6.45, 7) is 1.55. The summed E-state index contributed by atoms with van der Waals surface area (Å²) in [4.78, 5) is 31.0. The van der Waals surface area contributed by atoms with Crippen LogP contribution in [0.2, 0.25) is 0 Å². The van der Waals surface area contributed by atoms with Crippen molar-refractivity contribution in [2.75, 3.05) is 38.3 Å². The number of carbonyl (C=O) groups excluding carboxylic acids is 1. The molecule has 4 heterocycles. The van der Waals surface area contributed by atoms with E-state index in [1.54, 1.807) is 18.4 Å². The number of amides is 1. The predicted octanol–water partition coefficient (Wildman–Crippen LogP) is 1.59. The second-order valence-corrected chi connectivity index (χ2v) is 8.65. The number of hydrogen-bond acceptors (Lipinski definition) is 10. The summed E-state index contributed by atoms with van der Waals surface area (Å²) >= 11 is 0. The lowest BCUT2D eigenvalue weighted by atomic mass is 9.92. The molecular weight excluding hydrogens is 497 g/mol. The van der Waals surface area contributed by atoms with E-state index in [0.29, 0.717) is 31.6 Å². The molecule has 37 heavy (non-hydrogen) atoms. The van der Waals surface area contributed by atoms with Gasteiger partial charge in [-0.2, -0.15) is 33.2 Å². The van der Waals surface area contributed by atoms with Gasteiger partial charge in [-0.25, -0.2) is 4.98 Å². The highest BCUT2D eigenvalue weighted by molar-refractivity contribution is 5.91. The van der Waals surface area contributed by atoms with Crippen LogP contribution in [0.4, 0.5) is 19.1 Å². The van der Waals surface area contributed by atoms with E-state index in [4.69, 9.17) is 14.6 Å². The number of nitrogens with zero attached hydrogens (tertiary/aromatic N) is 6. The van der Waals surface area contributed by atoms with Gasteiger partial charge in [-0.05, 0) is 31.9 Å². The van der Waals surface area contributed by atoms with Gasteiger partial charge in [0.15, 0.2) is 5.65 Å². The number of fused-ring (bicyclic) bond motifs is 1. The average molecular weight is 525 g/mol. The Morgan fingerprint density at radius 2 is 2.05 bits per heavy atom. The summed E-state index contributed by atoms with van der Waals surface area (Å²) in [6.07, 6.45) is -2.27. The van der Waals surface area contributed by atoms with Crippen molar-refractivity contribution in [1.82, 2.24) is 35.5 Å². The molecule has 3 N–H and O–H groups in total. The number of nitrogens with one attached hydrogen (secondary N) is 2. The molecule has 1 saturated heterocycles. The number of aliphatic hydroxyl groups excluding tert-OH is 1. The minimum absolute atomic E-state index is 0.0966. The van der Waals surface area contributed by atoms with E-state index in [2.05, 4.69) is 30.1 Å². The summed E-state index contributed by atoms with van der Waals surface area (Å²) in [6, 6.07) is 1.11. The predicted molar refractivity (Wildman–Crippen MR) is 124 cm³/mol. The summed E-state index contributed by atoms with van der Waals surface area (Å²) in [5.41, 5.74) is 1.62. The molecule has 1 fully saturated rings. The van der Waals surface area contributed by atoms with Gasteiger partial charge < -0.3 is 24.8 Å². The van der Waals surface area contributed by atoms with Gasteiger partial charge in [0.1, 0.15) is 12.1 Å². The smallest absolute Gasteiger partial charge is 0.410 e. The molecule has 3 aromatic heterocycles. The van der Waals surface area contributed by atoms with Crippen LogP contribution in [0.25, 0.3) is 11.0 Å². The maximum atomic E-state index is 13.1. The van der Waals surface area contributed by atoms with E-state index < -0.39 is 36.7 Å². The highest BCUT2D eigenvalue weighted by atomic mass is 19.4. The molecule has 0 spiro atoms. The van der Waals surface area contributed by atoms with Crippen LogP contribution < -0.4 is 15.0 Å². The molecule has 0 aromatic carbocycles. The van der Waals surface area contributed by atoms with Gasteiger partial charge in [0.25, 0.3) is 5.91 Å². The number of alkyl halides is 3. The third-order valence-electron chi connectivity index (χ3n) is 5.93. The SMILES string of the molecule is COC[C@@H](C)Oc1nc(C(=O)N[C@H](CO)C(F)(F)F)nc(N2CCC(c3n[nH]c4ncccc34)CC2)n1. The summed E-state index contributed by atoms with van der Waals surface area (Å²) < 4.78 is 49.9. The van der Waals surface area contributed by atoms with Gasteiger partial charge in [-0.15, -0.1) is 0 Å². The molecule has 0 saturated carbocycles. The first-order valence-corrected chi connectivity index (χ1v) is 11.6. The Kier molecular flexibility index (Phi) is 8.02. The average Bonchev–Trinajstić information content (AvgIpc) is 3.30. The lowest BCUT2D eigenvalue weighted by molar-refractivity contribution is -0.161. The van der Waals surface area contributed by atoms with Crippen molar-refractivity contribution >= 4 is 22.9 Å². The van der Waals surface area contributed by atoms with E-state index in [1.165, 1.54) is 7.11 Å². The van der Waals surface area contributed by atoms with Crippen molar-refractivity contribution in [3.05, 3.63) is 29.8 Å². The third-order valence-corrected chi connectivity index (χ3v) is 5.93. The molecule has 0 radical (unpaired) electrons. The fraction of sp³-hybridized carbons (Fsp3) is 0.545. The van der Waals surface area contributed by atoms with Crippen molar-refractivity contribution in [1.29, 1.82) is 0 Å². The summed E-state index contributed by atoms with van der Waals surface area (Å²) in [7, 11) is 1.48. The van der Waals surface area contributed by atoms with Gasteiger partial charge in [0.05, 0.1) is 18.9 Å². The van der Waals surface area contributed by atoms with Crippen molar-refractivity contribution in [2.24, 2.45) is 0 Å². The number of anilines is 1. The number of aromatic nitrogens is 6. The normalized spacial score (nSPS) is 16.5. The van der Waals surface area contributed by atoms with Crippen LogP contribution in [-0.2, 0) is 4.74 Å². The van der Waals surface area contributed by atoms with Crippen LogP contribution in [-0.4, -0.2) is 92.9 Å². The zero-order valence-electron chi connectivity index (χ0n) is 20.2. The van der Waals surface area contributed by atoms with Crippen molar-refractivity contribution in [2.45, 2.75) is 44.0 Å². The fourth-order valence-corrected chi connectivity index (χ4v) is 4.08. The van der Waals surface area contributed by atoms with E-state index in [1.807, 2.05) is 17.0 Å². The first kappa shape index (κ1) is 26.5. The second kappa shape index (κ2) is 11.2. The van der Waals surface area contributed by atoms with Crippen LogP contribution in [0.1, 0.15) is 42.0 Å². The Hall–Kier alpha value is -3.59. The van der Waals surface area contributed by atoms with Gasteiger partial charge in [0.2, 0.25) is 11.8 Å². The fourth-order valence-electron chi connectivity index (χ4n) is 4.08. The number of aromatic amines is 1. The van der Waals surface area contributed by atoms with Crippen molar-refractivity contribution in [3.8, 4) is 6.01 Å². The third kappa shape index (κ3) is 6.22. The maximum Gasteiger partial charge on any atom is 0.410 e. The largest absolute Gasteiger partial charge is 0.458 e. The molecule has 200 valence electrons. The van der Waals surface area contributed by atoms with Gasteiger partial charge in [-0.3, -0.25) is 9.89 Å². The maximum absolute atomic E-state index is 13.1. The van der Waals surface area contributed by atoms with Crippen LogP contribution in [0.3, 0.4) is 0 Å². The van der Waals surface area contributed by atoms with E-state index in [0.717, 1.165) is 11.1 Å². The van der Waals surface area contributed by atoms with Crippen LogP contribution >= 0.6 is 0 Å². The minimum atomic E-state index is -4.85. The zero-order valence-corrected chi connectivity index (χ0v) is 20.2. The zero-order chi connectivity index (χ0) is 26.6. The summed E-state index contributed by atoms with van der Waals surface area (Å²) in [5, 5.41) is 19.1. The molecule has 3 aromatic rings. The monoisotopic (exact) mass is 524 g/mol. The van der Waals surface area contributed by atoms with E-state index in [-0.39, 0.29) is 24.5 Å². The number of carbonyl (C=O) groups is 1. The first-order chi connectivity index (χ1) is 17.7. The molecule has 15 heteroatoms. The second-order valence-electron chi connectivity index (χ2n) is 8.65. The van der Waals surface area contributed by atoms with E-state index >= 15 is 0 Å². The van der Waals surface area contributed by atoms with Gasteiger partial charge >= 0.3 is 12.2 Å². The van der Waals surface area contributed by atoms with Crippen molar-refractivity contribution in [3.63, 3.8) is 0 Å². The van der Waals surface area contributed by atoms with Crippen LogP contribution in [0, 0.1) is 0 Å². The highest BCUT2D eigenvalue weighted by Gasteiger charge is 2.41. The standard InChI is InChI=1S/C22H27F3N8O4/c1-12(11-36-2)37-21-29-18(19(35)27-15(10-34)22(23,24)25)28-20(30-21)33-8-5-13(6-9-33)16-14-4-3-7-26-17(14)32-31-16/h3-4,7,12-13,15,34H,5-6,8-11H2,1-2H3,(H,27,35)(H,26,31,32)/t12-,15-/m1/s1. The number of piperidine rings is 1. The highest BCUT2D eigenvalue weighted by Crippen LogP contribution is 2.32. The Morgan fingerprint density at radius 3 is 2.73 bits per heavy atom. The van der Waals surface area contributed by atoms with Crippen LogP contribution in [0.15, 0.2) is 18.3 Å². The van der Waals surface area contributed by atoms with Crippen molar-refractivity contribution < 1.29 is 32.5 Å². The molecule has 2 atom stereocenters. The topological polar surface area (TPSA) is 151 Å². The number of methoxy groups -OCH3 is 1. The minimum Gasteiger partial charge on any atom is -0.458 e. The number of aliphatic hydroxyl groups is 1. The lowest BCUT2D eigenvalue weighted by Crippen LogP contribution is -2.48. The molecule has 1 amide bonds. The van der Waals surface area contributed by atoms with Gasteiger partial charge in [-0.1, -0.05) is 0 Å². The Balaban J connectivity index is 1.54. The van der Waals surface area contributed by atoms with Gasteiger partial charge in [0, 0.05) is 37.7 Å². The summed E-state index contributed by atoms with van der Waals surface area (Å²) in [5.74, 6) is -1.53. The Labute approximate surface area is 209 Å². The Morgan fingerprint density at radius 1 is 1.30 bits per heavy atom. The molecule has 0 aliphatic carbocycles. The molecule has 1 aliphatic heterocycles. The first-order valence-electron chi connectivity index (χ1n) is 11.6. The molecule has 0 unspecified atom stereocenters. The number of hydrogen-bond donors (Lipinski definition) is 3. The molecule has 4 rings (SSSR count). The van der Waals surface area contributed by atoms with E-state index in [9.17, 15) is 18.0 Å². The number of H-pyrrole nitrogens is 1. The van der Waals surface area contributed by atoms with Crippen LogP contribution in [0.5, 0.6) is 6.01 Å². The molecule has 0 bridgehead atoms. The Bertz CT molecular complexity index is 1220. The molecule has 1 aliphatic rings. The quantitative estimate of drug-likeness (QED) is 0.376. The molecule has 12 nitrogen and oxygen atoms in total. The number of pyridine rings is 1. The lowest BCUT2D eigenvalue weighted by Gasteiger charge is -2.31.